The molecule has 1 N–H and O–H groups in total. The summed E-state index contributed by atoms with van der Waals surface area (Å²) < 4.78 is 39.6. The summed E-state index contributed by atoms with van der Waals surface area (Å²) in [5.41, 5.74) is -0.529. The number of aryl methyl sites for hydroxylation is 1. The maximum atomic E-state index is 12.7. The molecule has 7 nitrogen and oxygen atoms in total. The first-order chi connectivity index (χ1) is 11.8. The van der Waals surface area contributed by atoms with Crippen LogP contribution in [0, 0.1) is 6.92 Å². The number of hydrogen-bond donors (Lipinski definition) is 1. The minimum atomic E-state index is -4.50. The first kappa shape index (κ1) is 17.1. The molecule has 1 aromatic carbocycles. The first-order valence-electron chi connectivity index (χ1n) is 6.92. The molecule has 0 spiro atoms. The predicted octanol–water partition coefficient (Wildman–Crippen LogP) is 2.82. The molecule has 0 aliphatic rings. The molecule has 2 heterocycles. The normalized spacial score (nSPS) is 11.7. The molecule has 0 aliphatic heterocycles. The van der Waals surface area contributed by atoms with Crippen molar-refractivity contribution < 1.29 is 18.0 Å². The summed E-state index contributed by atoms with van der Waals surface area (Å²) in [5, 5.41) is 14.6. The van der Waals surface area contributed by atoms with Gasteiger partial charge in [-0.2, -0.15) is 22.7 Å². The number of halogens is 3. The lowest BCUT2D eigenvalue weighted by molar-refractivity contribution is -0.137. The van der Waals surface area contributed by atoms with Gasteiger partial charge >= 0.3 is 6.18 Å². The van der Waals surface area contributed by atoms with Crippen molar-refractivity contribution in [1.29, 1.82) is 0 Å². The number of rotatable bonds is 3. The Kier molecular flexibility index (Phi) is 4.33. The van der Waals surface area contributed by atoms with E-state index in [2.05, 4.69) is 25.6 Å². The number of fused-ring (bicyclic) bond motifs is 1. The largest absolute Gasteiger partial charge is 0.416 e. The van der Waals surface area contributed by atoms with Gasteiger partial charge in [0, 0.05) is 5.69 Å². The van der Waals surface area contributed by atoms with Crippen LogP contribution < -0.4 is 5.32 Å². The number of thioether (sulfide) groups is 1. The number of aromatic nitrogens is 5. The SMILES string of the molecule is CSc1nc2nnc(C(=O)Nc3cccc(C(F)(F)F)c3)c(C)n2n1. The Hall–Kier alpha value is -2.69. The zero-order chi connectivity index (χ0) is 18.2. The van der Waals surface area contributed by atoms with Crippen LogP contribution in [0.25, 0.3) is 5.78 Å². The second-order valence-corrected chi connectivity index (χ2v) is 5.75. The van der Waals surface area contributed by atoms with E-state index in [1.54, 1.807) is 13.2 Å². The molecule has 3 aromatic rings. The van der Waals surface area contributed by atoms with Gasteiger partial charge < -0.3 is 5.32 Å². The van der Waals surface area contributed by atoms with Crippen molar-refractivity contribution in [1.82, 2.24) is 24.8 Å². The van der Waals surface area contributed by atoms with Gasteiger partial charge in [0.05, 0.1) is 11.3 Å². The summed E-state index contributed by atoms with van der Waals surface area (Å²) in [6.07, 6.45) is -2.71. The molecule has 0 unspecified atom stereocenters. The third kappa shape index (κ3) is 3.40. The molecule has 0 saturated carbocycles. The van der Waals surface area contributed by atoms with Crippen molar-refractivity contribution in [2.45, 2.75) is 18.3 Å². The van der Waals surface area contributed by atoms with Gasteiger partial charge in [0.15, 0.2) is 5.69 Å². The topological polar surface area (TPSA) is 85.1 Å². The highest BCUT2D eigenvalue weighted by atomic mass is 32.2. The van der Waals surface area contributed by atoms with E-state index in [0.29, 0.717) is 10.9 Å². The van der Waals surface area contributed by atoms with E-state index in [-0.39, 0.29) is 17.2 Å². The highest BCUT2D eigenvalue weighted by Gasteiger charge is 2.30. The van der Waals surface area contributed by atoms with Crippen LogP contribution in [0.5, 0.6) is 0 Å². The van der Waals surface area contributed by atoms with Gasteiger partial charge in [-0.1, -0.05) is 17.8 Å². The summed E-state index contributed by atoms with van der Waals surface area (Å²) in [5.74, 6) is -0.454. The van der Waals surface area contributed by atoms with Crippen molar-refractivity contribution in [3.05, 3.63) is 41.2 Å². The number of nitrogens with one attached hydrogen (secondary N) is 1. The first-order valence-corrected chi connectivity index (χ1v) is 8.14. The van der Waals surface area contributed by atoms with Gasteiger partial charge in [-0.05, 0) is 31.4 Å². The number of carbonyl (C=O) groups excluding carboxylic acids is 1. The van der Waals surface area contributed by atoms with Gasteiger partial charge in [0.25, 0.3) is 11.7 Å². The van der Waals surface area contributed by atoms with Crippen LogP contribution >= 0.6 is 11.8 Å². The predicted molar refractivity (Wildman–Crippen MR) is 84.5 cm³/mol. The number of alkyl halides is 3. The Morgan fingerprint density at radius 1 is 1.28 bits per heavy atom. The van der Waals surface area contributed by atoms with Crippen LogP contribution in [0.4, 0.5) is 18.9 Å². The van der Waals surface area contributed by atoms with Crippen LogP contribution in [0.1, 0.15) is 21.7 Å². The molecular formula is C14H11F3N6OS. The number of nitrogens with zero attached hydrogens (tertiary/aromatic N) is 5. The Morgan fingerprint density at radius 2 is 2.04 bits per heavy atom. The van der Waals surface area contributed by atoms with E-state index < -0.39 is 17.6 Å². The third-order valence-electron chi connectivity index (χ3n) is 3.32. The van der Waals surface area contributed by atoms with E-state index in [1.165, 1.54) is 28.4 Å². The zero-order valence-corrected chi connectivity index (χ0v) is 13.8. The average molecular weight is 368 g/mol. The number of anilines is 1. The van der Waals surface area contributed by atoms with Gasteiger partial charge in [-0.25, -0.2) is 0 Å². The molecule has 1 amide bonds. The lowest BCUT2D eigenvalue weighted by atomic mass is 10.2. The summed E-state index contributed by atoms with van der Waals surface area (Å²) in [6.45, 7) is 1.60. The van der Waals surface area contributed by atoms with E-state index in [9.17, 15) is 18.0 Å². The number of carbonyl (C=O) groups is 1. The van der Waals surface area contributed by atoms with Crippen molar-refractivity contribution in [2.75, 3.05) is 11.6 Å². The van der Waals surface area contributed by atoms with Gasteiger partial charge in [0.2, 0.25) is 5.16 Å². The lowest BCUT2D eigenvalue weighted by Crippen LogP contribution is -2.19. The van der Waals surface area contributed by atoms with Crippen molar-refractivity contribution in [3.8, 4) is 0 Å². The Bertz CT molecular complexity index is 955. The molecule has 2 aromatic heterocycles. The van der Waals surface area contributed by atoms with Crippen molar-refractivity contribution in [3.63, 3.8) is 0 Å². The lowest BCUT2D eigenvalue weighted by Gasteiger charge is -2.10. The number of hydrogen-bond acceptors (Lipinski definition) is 6. The second-order valence-electron chi connectivity index (χ2n) is 4.98. The van der Waals surface area contributed by atoms with E-state index in [4.69, 9.17) is 0 Å². The summed E-state index contributed by atoms with van der Waals surface area (Å²) in [4.78, 5) is 16.5. The Balaban J connectivity index is 1.91. The van der Waals surface area contributed by atoms with Crippen LogP contribution in [0.15, 0.2) is 29.4 Å². The third-order valence-corrected chi connectivity index (χ3v) is 3.85. The smallest absolute Gasteiger partial charge is 0.321 e. The van der Waals surface area contributed by atoms with Crippen molar-refractivity contribution >= 4 is 29.1 Å². The van der Waals surface area contributed by atoms with E-state index in [0.717, 1.165) is 12.1 Å². The molecule has 0 aliphatic carbocycles. The van der Waals surface area contributed by atoms with Crippen LogP contribution in [-0.2, 0) is 6.18 Å². The maximum Gasteiger partial charge on any atom is 0.416 e. The summed E-state index contributed by atoms with van der Waals surface area (Å²) in [6, 6.07) is 4.34. The average Bonchev–Trinajstić information content (AvgIpc) is 2.99. The highest BCUT2D eigenvalue weighted by molar-refractivity contribution is 7.98. The van der Waals surface area contributed by atoms with E-state index in [1.807, 2.05) is 0 Å². The van der Waals surface area contributed by atoms with Crippen molar-refractivity contribution in [2.24, 2.45) is 0 Å². The molecule has 11 heteroatoms. The minimum absolute atomic E-state index is 0.00418. The minimum Gasteiger partial charge on any atom is -0.321 e. The number of amides is 1. The fourth-order valence-corrected chi connectivity index (χ4v) is 2.44. The van der Waals surface area contributed by atoms with Gasteiger partial charge in [-0.3, -0.25) is 4.79 Å². The molecule has 0 saturated heterocycles. The molecule has 25 heavy (non-hydrogen) atoms. The zero-order valence-electron chi connectivity index (χ0n) is 13.0. The monoisotopic (exact) mass is 368 g/mol. The van der Waals surface area contributed by atoms with Crippen LogP contribution in [0.2, 0.25) is 0 Å². The maximum absolute atomic E-state index is 12.7. The van der Waals surface area contributed by atoms with Crippen LogP contribution in [-0.4, -0.2) is 37.0 Å². The molecule has 0 atom stereocenters. The molecule has 0 fully saturated rings. The fraction of sp³-hybridized carbons (Fsp3) is 0.214. The van der Waals surface area contributed by atoms with Gasteiger partial charge in [-0.15, -0.1) is 15.3 Å². The van der Waals surface area contributed by atoms with Crippen LogP contribution in [0.3, 0.4) is 0 Å². The molecule has 3 rings (SSSR count). The highest BCUT2D eigenvalue weighted by Crippen LogP contribution is 2.30. The molecule has 0 radical (unpaired) electrons. The fourth-order valence-electron chi connectivity index (χ4n) is 2.10. The summed E-state index contributed by atoms with van der Waals surface area (Å²) >= 11 is 1.31. The van der Waals surface area contributed by atoms with E-state index >= 15 is 0 Å². The Morgan fingerprint density at radius 3 is 2.72 bits per heavy atom. The van der Waals surface area contributed by atoms with Gasteiger partial charge in [0.1, 0.15) is 0 Å². The standard InChI is InChI=1S/C14H11F3N6OS/c1-7-10(20-21-12-19-13(25-2)22-23(7)12)11(24)18-9-5-3-4-8(6-9)14(15,16)17/h3-6H,1-2H3,(H,18,24). The molecule has 130 valence electrons. The quantitative estimate of drug-likeness (QED) is 0.716. The molecular weight excluding hydrogens is 357 g/mol. The Labute approximate surface area is 143 Å². The molecule has 0 bridgehead atoms. The second kappa shape index (κ2) is 6.31. The summed E-state index contributed by atoms with van der Waals surface area (Å²) in [7, 11) is 0. The number of benzene rings is 1.